The molecule has 0 spiro atoms. The quantitative estimate of drug-likeness (QED) is 0.290. The number of nitrogens with zero attached hydrogens (tertiary/aromatic N) is 2. The first kappa shape index (κ1) is 30.1. The fourth-order valence-electron chi connectivity index (χ4n) is 3.99. The molecule has 10 heteroatoms. The molecular weight excluding hydrogens is 541 g/mol. The third kappa shape index (κ3) is 8.03. The van der Waals surface area contributed by atoms with Crippen molar-refractivity contribution < 1.29 is 22.4 Å². The van der Waals surface area contributed by atoms with Crippen LogP contribution in [-0.2, 0) is 26.0 Å². The highest BCUT2D eigenvalue weighted by Crippen LogP contribution is 2.28. The van der Waals surface area contributed by atoms with Crippen molar-refractivity contribution in [3.8, 4) is 0 Å². The zero-order valence-electron chi connectivity index (χ0n) is 22.0. The standard InChI is InChI=1S/C29H33ClFN3O4S/c1-3-4-18-32-29(36)22(2)33(19-17-23-11-7-5-8-12-23)28(35)21-34(24-15-16-27(31)26(30)20-24)39(37,38)25-13-9-6-10-14-25/h5-16,20,22H,3-4,17-19,21H2,1-2H3,(H,32,36)/t22-/m1/s1. The highest BCUT2D eigenvalue weighted by atomic mass is 35.5. The van der Waals surface area contributed by atoms with Crippen molar-refractivity contribution in [1.29, 1.82) is 0 Å². The van der Waals surface area contributed by atoms with Gasteiger partial charge in [-0.2, -0.15) is 0 Å². The van der Waals surface area contributed by atoms with Crippen molar-refractivity contribution in [2.75, 3.05) is 23.9 Å². The van der Waals surface area contributed by atoms with Crippen LogP contribution in [0, 0.1) is 5.82 Å². The van der Waals surface area contributed by atoms with Crippen LogP contribution in [-0.4, -0.2) is 50.8 Å². The molecule has 7 nitrogen and oxygen atoms in total. The molecule has 3 rings (SSSR count). The van der Waals surface area contributed by atoms with E-state index in [1.807, 2.05) is 37.3 Å². The van der Waals surface area contributed by atoms with Crippen molar-refractivity contribution in [1.82, 2.24) is 10.2 Å². The highest BCUT2D eigenvalue weighted by molar-refractivity contribution is 7.92. The Bertz CT molecular complexity index is 1360. The second-order valence-electron chi connectivity index (χ2n) is 9.07. The van der Waals surface area contributed by atoms with Gasteiger partial charge in [0, 0.05) is 13.1 Å². The zero-order chi connectivity index (χ0) is 28.4. The van der Waals surface area contributed by atoms with Crippen molar-refractivity contribution >= 4 is 39.1 Å². The van der Waals surface area contributed by atoms with Crippen LogP contribution in [0.4, 0.5) is 10.1 Å². The average molecular weight is 574 g/mol. The molecule has 3 aromatic carbocycles. The van der Waals surface area contributed by atoms with Crippen LogP contribution in [0.15, 0.2) is 83.8 Å². The fourth-order valence-corrected chi connectivity index (χ4v) is 5.60. The van der Waals surface area contributed by atoms with Crippen molar-refractivity contribution in [2.24, 2.45) is 0 Å². The Balaban J connectivity index is 1.96. The predicted octanol–water partition coefficient (Wildman–Crippen LogP) is 5.05. The number of anilines is 1. The van der Waals surface area contributed by atoms with Gasteiger partial charge in [0.2, 0.25) is 11.8 Å². The average Bonchev–Trinajstić information content (AvgIpc) is 2.94. The van der Waals surface area contributed by atoms with E-state index < -0.39 is 34.3 Å². The third-order valence-corrected chi connectivity index (χ3v) is 8.36. The molecule has 0 aliphatic rings. The van der Waals surface area contributed by atoms with E-state index in [-0.39, 0.29) is 28.1 Å². The Morgan fingerprint density at radius 1 is 1.00 bits per heavy atom. The molecule has 2 amide bonds. The summed E-state index contributed by atoms with van der Waals surface area (Å²) in [6.45, 7) is 3.68. The lowest BCUT2D eigenvalue weighted by Gasteiger charge is -2.32. The van der Waals surface area contributed by atoms with Gasteiger partial charge in [-0.15, -0.1) is 0 Å². The van der Waals surface area contributed by atoms with Gasteiger partial charge in [-0.05, 0) is 55.7 Å². The lowest BCUT2D eigenvalue weighted by atomic mass is 10.1. The minimum Gasteiger partial charge on any atom is -0.354 e. The summed E-state index contributed by atoms with van der Waals surface area (Å²) in [5.74, 6) is -1.62. The van der Waals surface area contributed by atoms with E-state index in [1.165, 1.54) is 29.2 Å². The molecule has 0 heterocycles. The molecule has 39 heavy (non-hydrogen) atoms. The van der Waals surface area contributed by atoms with E-state index in [1.54, 1.807) is 25.1 Å². The molecule has 1 N–H and O–H groups in total. The summed E-state index contributed by atoms with van der Waals surface area (Å²) in [4.78, 5) is 28.1. The molecule has 0 aliphatic carbocycles. The van der Waals surface area contributed by atoms with E-state index in [2.05, 4.69) is 5.32 Å². The number of hydrogen-bond donors (Lipinski definition) is 1. The summed E-state index contributed by atoms with van der Waals surface area (Å²) in [6.07, 6.45) is 2.16. The van der Waals surface area contributed by atoms with Gasteiger partial charge >= 0.3 is 0 Å². The lowest BCUT2D eigenvalue weighted by Crippen LogP contribution is -2.52. The first-order valence-electron chi connectivity index (χ1n) is 12.8. The monoisotopic (exact) mass is 573 g/mol. The molecule has 0 saturated heterocycles. The van der Waals surface area contributed by atoms with E-state index in [9.17, 15) is 22.4 Å². The predicted molar refractivity (Wildman–Crippen MR) is 152 cm³/mol. The zero-order valence-corrected chi connectivity index (χ0v) is 23.6. The fraction of sp³-hybridized carbons (Fsp3) is 0.310. The number of nitrogens with one attached hydrogen (secondary N) is 1. The third-order valence-electron chi connectivity index (χ3n) is 6.28. The summed E-state index contributed by atoms with van der Waals surface area (Å²) in [6, 6.07) is 19.7. The van der Waals surface area contributed by atoms with Crippen LogP contribution in [0.1, 0.15) is 32.3 Å². The van der Waals surface area contributed by atoms with Crippen LogP contribution < -0.4 is 9.62 Å². The van der Waals surface area contributed by atoms with Crippen LogP contribution in [0.5, 0.6) is 0 Å². The summed E-state index contributed by atoms with van der Waals surface area (Å²) in [7, 11) is -4.24. The van der Waals surface area contributed by atoms with Crippen LogP contribution in [0.25, 0.3) is 0 Å². The molecule has 0 aliphatic heterocycles. The van der Waals surface area contributed by atoms with Gasteiger partial charge in [0.1, 0.15) is 18.4 Å². The minimum atomic E-state index is -4.24. The number of carbonyl (C=O) groups is 2. The molecule has 208 valence electrons. The number of amides is 2. The maximum atomic E-state index is 13.9. The van der Waals surface area contributed by atoms with Gasteiger partial charge in [-0.25, -0.2) is 12.8 Å². The Labute approximate surface area is 234 Å². The van der Waals surface area contributed by atoms with Crippen LogP contribution >= 0.6 is 11.6 Å². The van der Waals surface area contributed by atoms with Gasteiger partial charge in [-0.3, -0.25) is 13.9 Å². The second-order valence-corrected chi connectivity index (χ2v) is 11.3. The Morgan fingerprint density at radius 2 is 1.64 bits per heavy atom. The highest BCUT2D eigenvalue weighted by Gasteiger charge is 2.32. The van der Waals surface area contributed by atoms with Gasteiger partial charge in [0.05, 0.1) is 15.6 Å². The SMILES string of the molecule is CCCCNC(=O)[C@@H](C)N(CCc1ccccc1)C(=O)CN(c1ccc(F)c(Cl)c1)S(=O)(=O)c1ccccc1. The number of benzene rings is 3. The van der Waals surface area contributed by atoms with E-state index in [0.29, 0.717) is 13.0 Å². The number of unbranched alkanes of at least 4 members (excludes halogenated alkanes) is 1. The van der Waals surface area contributed by atoms with Crippen molar-refractivity contribution in [3.05, 3.63) is 95.3 Å². The second kappa shape index (κ2) is 14.1. The van der Waals surface area contributed by atoms with Gasteiger partial charge in [0.15, 0.2) is 0 Å². The number of rotatable bonds is 13. The van der Waals surface area contributed by atoms with Crippen LogP contribution in [0.3, 0.4) is 0 Å². The molecule has 0 aromatic heterocycles. The van der Waals surface area contributed by atoms with Crippen LogP contribution in [0.2, 0.25) is 5.02 Å². The van der Waals surface area contributed by atoms with Gasteiger partial charge in [0.25, 0.3) is 10.0 Å². The summed E-state index contributed by atoms with van der Waals surface area (Å²) in [5, 5.41) is 2.57. The minimum absolute atomic E-state index is 0.0293. The van der Waals surface area contributed by atoms with Crippen molar-refractivity contribution in [2.45, 2.75) is 44.0 Å². The normalized spacial score (nSPS) is 12.0. The number of halogens is 2. The summed E-state index contributed by atoms with van der Waals surface area (Å²) >= 11 is 5.98. The molecular formula is C29H33ClFN3O4S. The molecule has 0 unspecified atom stereocenters. The molecule has 0 bridgehead atoms. The van der Waals surface area contributed by atoms with Gasteiger partial charge in [-0.1, -0.05) is 73.5 Å². The first-order chi connectivity index (χ1) is 18.6. The van der Waals surface area contributed by atoms with E-state index >= 15 is 0 Å². The Hall–Kier alpha value is -3.43. The molecule has 0 radical (unpaired) electrons. The number of carbonyl (C=O) groups excluding carboxylic acids is 2. The topological polar surface area (TPSA) is 86.8 Å². The summed E-state index contributed by atoms with van der Waals surface area (Å²) in [5.41, 5.74) is 0.995. The smallest absolute Gasteiger partial charge is 0.264 e. The maximum Gasteiger partial charge on any atom is 0.264 e. The molecule has 3 aromatic rings. The summed E-state index contributed by atoms with van der Waals surface area (Å²) < 4.78 is 42.2. The van der Waals surface area contributed by atoms with Gasteiger partial charge < -0.3 is 10.2 Å². The first-order valence-corrected chi connectivity index (χ1v) is 14.6. The number of sulfonamides is 1. The largest absolute Gasteiger partial charge is 0.354 e. The maximum absolute atomic E-state index is 13.9. The molecule has 1 atom stereocenters. The molecule has 0 fully saturated rings. The van der Waals surface area contributed by atoms with E-state index in [4.69, 9.17) is 11.6 Å². The Kier molecular flexibility index (Phi) is 10.9. The Morgan fingerprint density at radius 3 is 2.26 bits per heavy atom. The molecule has 0 saturated carbocycles. The number of hydrogen-bond acceptors (Lipinski definition) is 4. The lowest BCUT2D eigenvalue weighted by molar-refractivity contribution is -0.138. The van der Waals surface area contributed by atoms with E-state index in [0.717, 1.165) is 28.8 Å². The van der Waals surface area contributed by atoms with Crippen molar-refractivity contribution in [3.63, 3.8) is 0 Å².